The van der Waals surface area contributed by atoms with Crippen molar-refractivity contribution in [3.05, 3.63) is 27.7 Å². The molecular weight excluding hydrogens is 271 g/mol. The number of amides is 1. The van der Waals surface area contributed by atoms with Gasteiger partial charge in [0.25, 0.3) is 0 Å². The Bertz CT molecular complexity index is 476. The first-order valence-electron chi connectivity index (χ1n) is 5.99. The minimum atomic E-state index is -0.0300. The zero-order valence-corrected chi connectivity index (χ0v) is 11.9. The summed E-state index contributed by atoms with van der Waals surface area (Å²) < 4.78 is 0. The second-order valence-corrected chi connectivity index (χ2v) is 5.47. The highest BCUT2D eigenvalue weighted by atomic mass is 35.5. The highest BCUT2D eigenvalue weighted by Gasteiger charge is 2.30. The molecule has 0 aliphatic carbocycles. The van der Waals surface area contributed by atoms with Gasteiger partial charge in [0.15, 0.2) is 0 Å². The molecule has 98 valence electrons. The number of carbonyl (C=O) groups is 1. The fraction of sp³-hybridized carbons (Fsp3) is 0.462. The largest absolute Gasteiger partial charge is 0.323 e. The fourth-order valence-corrected chi connectivity index (χ4v) is 2.67. The lowest BCUT2D eigenvalue weighted by Gasteiger charge is -2.17. The molecule has 2 N–H and O–H groups in total. The number of benzene rings is 1. The summed E-state index contributed by atoms with van der Waals surface area (Å²) in [6, 6.07) is 3.77. The van der Waals surface area contributed by atoms with Crippen LogP contribution in [0.1, 0.15) is 18.9 Å². The fourth-order valence-electron chi connectivity index (χ4n) is 2.20. The molecule has 1 aliphatic rings. The molecule has 2 atom stereocenters. The third-order valence-electron chi connectivity index (χ3n) is 3.39. The summed E-state index contributed by atoms with van der Waals surface area (Å²) in [5.74, 6) is -0.0560. The Kier molecular flexibility index (Phi) is 4.15. The number of halogens is 2. The van der Waals surface area contributed by atoms with Crippen LogP contribution in [0.4, 0.5) is 5.69 Å². The van der Waals surface area contributed by atoms with Gasteiger partial charge in [-0.15, -0.1) is 0 Å². The molecule has 18 heavy (non-hydrogen) atoms. The molecule has 1 heterocycles. The molecule has 0 aromatic heterocycles. The molecule has 0 radical (unpaired) electrons. The van der Waals surface area contributed by atoms with Gasteiger partial charge in [-0.2, -0.15) is 0 Å². The van der Waals surface area contributed by atoms with Crippen LogP contribution in [-0.4, -0.2) is 18.5 Å². The van der Waals surface area contributed by atoms with Gasteiger partial charge in [-0.25, -0.2) is 0 Å². The molecule has 1 aliphatic heterocycles. The zero-order valence-electron chi connectivity index (χ0n) is 10.4. The zero-order chi connectivity index (χ0) is 13.3. The Hall–Kier alpha value is -0.770. The molecule has 1 amide bonds. The van der Waals surface area contributed by atoms with Crippen LogP contribution in [0.3, 0.4) is 0 Å². The quantitative estimate of drug-likeness (QED) is 0.876. The number of carbonyl (C=O) groups excluding carboxylic acids is 1. The Balaban J connectivity index is 2.19. The summed E-state index contributed by atoms with van der Waals surface area (Å²) in [4.78, 5) is 12.2. The van der Waals surface area contributed by atoms with Crippen molar-refractivity contribution in [2.45, 2.75) is 26.3 Å². The van der Waals surface area contributed by atoms with E-state index in [0.717, 1.165) is 18.5 Å². The molecule has 0 spiro atoms. The molecule has 3 nitrogen and oxygen atoms in total. The minimum absolute atomic E-state index is 0.0260. The maximum absolute atomic E-state index is 12.2. The number of rotatable bonds is 2. The van der Waals surface area contributed by atoms with E-state index in [9.17, 15) is 4.79 Å². The van der Waals surface area contributed by atoms with E-state index in [1.165, 1.54) is 0 Å². The van der Waals surface area contributed by atoms with Crippen LogP contribution < -0.4 is 10.6 Å². The van der Waals surface area contributed by atoms with Crippen LogP contribution in [0, 0.1) is 12.8 Å². The summed E-state index contributed by atoms with van der Waals surface area (Å²) in [6.45, 7) is 4.76. The maximum atomic E-state index is 12.2. The SMILES string of the molecule is Cc1ccc(Cl)c(NC(=O)C2CCNC2C)c1Cl. The lowest BCUT2D eigenvalue weighted by Crippen LogP contribution is -2.32. The van der Waals surface area contributed by atoms with E-state index in [0.29, 0.717) is 15.7 Å². The molecule has 0 bridgehead atoms. The van der Waals surface area contributed by atoms with Crippen molar-refractivity contribution < 1.29 is 4.79 Å². The first-order valence-corrected chi connectivity index (χ1v) is 6.75. The summed E-state index contributed by atoms with van der Waals surface area (Å²) in [7, 11) is 0. The summed E-state index contributed by atoms with van der Waals surface area (Å²) in [5.41, 5.74) is 1.41. The monoisotopic (exact) mass is 286 g/mol. The van der Waals surface area contributed by atoms with Gasteiger partial charge < -0.3 is 10.6 Å². The van der Waals surface area contributed by atoms with Gasteiger partial charge in [0.05, 0.1) is 21.7 Å². The number of aryl methyl sites for hydroxylation is 1. The minimum Gasteiger partial charge on any atom is -0.323 e. The molecule has 2 unspecified atom stereocenters. The first-order chi connectivity index (χ1) is 8.50. The van der Waals surface area contributed by atoms with E-state index in [-0.39, 0.29) is 17.9 Å². The normalized spacial score (nSPS) is 23.1. The highest BCUT2D eigenvalue weighted by Crippen LogP contribution is 2.33. The maximum Gasteiger partial charge on any atom is 0.229 e. The summed E-state index contributed by atoms with van der Waals surface area (Å²) >= 11 is 12.2. The number of anilines is 1. The predicted octanol–water partition coefficient (Wildman–Crippen LogP) is 3.24. The Labute approximate surface area is 117 Å². The Morgan fingerprint density at radius 1 is 1.44 bits per heavy atom. The molecular formula is C13H16Cl2N2O. The van der Waals surface area contributed by atoms with E-state index >= 15 is 0 Å². The van der Waals surface area contributed by atoms with Crippen LogP contribution >= 0.6 is 23.2 Å². The summed E-state index contributed by atoms with van der Waals surface area (Å²) in [6.07, 6.45) is 0.841. The molecule has 1 aromatic carbocycles. The second kappa shape index (κ2) is 5.47. The average molecular weight is 287 g/mol. The van der Waals surface area contributed by atoms with Crippen LogP contribution in [-0.2, 0) is 4.79 Å². The van der Waals surface area contributed by atoms with Crippen molar-refractivity contribution in [1.29, 1.82) is 0 Å². The third-order valence-corrected chi connectivity index (χ3v) is 4.20. The van der Waals surface area contributed by atoms with Crippen molar-refractivity contribution >= 4 is 34.8 Å². The second-order valence-electron chi connectivity index (χ2n) is 4.68. The van der Waals surface area contributed by atoms with E-state index in [1.54, 1.807) is 6.07 Å². The molecule has 1 saturated heterocycles. The van der Waals surface area contributed by atoms with Crippen molar-refractivity contribution in [3.63, 3.8) is 0 Å². The van der Waals surface area contributed by atoms with Gasteiger partial charge in [0, 0.05) is 6.04 Å². The predicted molar refractivity (Wildman–Crippen MR) is 75.4 cm³/mol. The lowest BCUT2D eigenvalue weighted by atomic mass is 10.0. The van der Waals surface area contributed by atoms with Gasteiger partial charge in [0.2, 0.25) is 5.91 Å². The first kappa shape index (κ1) is 13.7. The van der Waals surface area contributed by atoms with Gasteiger partial charge in [-0.05, 0) is 38.4 Å². The topological polar surface area (TPSA) is 41.1 Å². The number of nitrogens with one attached hydrogen (secondary N) is 2. The molecule has 2 rings (SSSR count). The molecule has 1 fully saturated rings. The van der Waals surface area contributed by atoms with Crippen molar-refractivity contribution in [2.75, 3.05) is 11.9 Å². The Morgan fingerprint density at radius 3 is 2.78 bits per heavy atom. The van der Waals surface area contributed by atoms with Crippen LogP contribution in [0.15, 0.2) is 12.1 Å². The van der Waals surface area contributed by atoms with E-state index in [1.807, 2.05) is 19.9 Å². The van der Waals surface area contributed by atoms with E-state index < -0.39 is 0 Å². The Morgan fingerprint density at radius 2 is 2.17 bits per heavy atom. The lowest BCUT2D eigenvalue weighted by molar-refractivity contribution is -0.119. The van der Waals surface area contributed by atoms with Gasteiger partial charge in [-0.1, -0.05) is 29.3 Å². The molecule has 1 aromatic rings. The van der Waals surface area contributed by atoms with Gasteiger partial charge >= 0.3 is 0 Å². The van der Waals surface area contributed by atoms with Crippen LogP contribution in [0.25, 0.3) is 0 Å². The summed E-state index contributed by atoms with van der Waals surface area (Å²) in [5, 5.41) is 7.08. The van der Waals surface area contributed by atoms with E-state index in [2.05, 4.69) is 10.6 Å². The smallest absolute Gasteiger partial charge is 0.229 e. The number of hydrogen-bond acceptors (Lipinski definition) is 2. The van der Waals surface area contributed by atoms with E-state index in [4.69, 9.17) is 23.2 Å². The number of hydrogen-bond donors (Lipinski definition) is 2. The van der Waals surface area contributed by atoms with Crippen molar-refractivity contribution in [2.24, 2.45) is 5.92 Å². The average Bonchev–Trinajstić information content (AvgIpc) is 2.76. The standard InChI is InChI=1S/C13H16Cl2N2O/c1-7-3-4-10(14)12(11(7)15)17-13(18)9-5-6-16-8(9)2/h3-4,8-9,16H,5-6H2,1-2H3,(H,17,18). The van der Waals surface area contributed by atoms with Gasteiger partial charge in [0.1, 0.15) is 0 Å². The van der Waals surface area contributed by atoms with Crippen LogP contribution in [0.5, 0.6) is 0 Å². The van der Waals surface area contributed by atoms with Crippen molar-refractivity contribution in [1.82, 2.24) is 5.32 Å². The molecule has 0 saturated carbocycles. The molecule has 5 heteroatoms. The van der Waals surface area contributed by atoms with Gasteiger partial charge in [-0.3, -0.25) is 4.79 Å². The third kappa shape index (κ3) is 2.63. The van der Waals surface area contributed by atoms with Crippen LogP contribution in [0.2, 0.25) is 10.0 Å². The van der Waals surface area contributed by atoms with Crippen molar-refractivity contribution in [3.8, 4) is 0 Å². The highest BCUT2D eigenvalue weighted by molar-refractivity contribution is 6.40.